The van der Waals surface area contributed by atoms with E-state index in [0.717, 1.165) is 31.0 Å². The first-order chi connectivity index (χ1) is 7.60. The van der Waals surface area contributed by atoms with Crippen LogP contribution < -0.4 is 4.89 Å². The summed E-state index contributed by atoms with van der Waals surface area (Å²) in [5.41, 5.74) is 0.372. The number of carbonyl (C=O) groups is 1. The van der Waals surface area contributed by atoms with Crippen LogP contribution in [0.2, 0.25) is 0 Å². The number of likely N-dealkylation sites (N-methyl/N-ethyl adjacent to an activating group) is 1. The molecule has 0 saturated carbocycles. The minimum atomic E-state index is -1.18. The molecule has 1 heterocycles. The number of unbranched alkanes of at least 4 members (excludes halogenated alkanes) is 1. The Labute approximate surface area is 98.6 Å². The summed E-state index contributed by atoms with van der Waals surface area (Å²) in [6.45, 7) is 6.11. The molecule has 1 aliphatic rings. The van der Waals surface area contributed by atoms with Gasteiger partial charge in [-0.1, -0.05) is 19.9 Å². The molecular formula is C12H20NO2P. The quantitative estimate of drug-likeness (QED) is 0.522. The van der Waals surface area contributed by atoms with Crippen molar-refractivity contribution in [3.8, 4) is 0 Å². The minimum Gasteiger partial charge on any atom is -0.630 e. The molecule has 1 amide bonds. The fourth-order valence-electron chi connectivity index (χ4n) is 1.89. The molecule has 0 spiro atoms. The molecule has 1 rings (SSSR count). The molecule has 0 aliphatic carbocycles. The highest BCUT2D eigenvalue weighted by Crippen LogP contribution is 2.40. The number of hydrogen-bond acceptors (Lipinski definition) is 2. The summed E-state index contributed by atoms with van der Waals surface area (Å²) < 4.78 is 0. The average molecular weight is 241 g/mol. The highest BCUT2D eigenvalue weighted by molar-refractivity contribution is 7.55. The molecule has 0 fully saturated rings. The van der Waals surface area contributed by atoms with E-state index in [1.807, 2.05) is 0 Å². The molecule has 0 aromatic carbocycles. The van der Waals surface area contributed by atoms with Crippen LogP contribution in [-0.2, 0) is 4.79 Å². The van der Waals surface area contributed by atoms with Crippen LogP contribution in [0.15, 0.2) is 12.7 Å². The van der Waals surface area contributed by atoms with Crippen LogP contribution in [0.5, 0.6) is 0 Å². The normalized spacial score (nSPS) is 21.6. The third-order valence-electron chi connectivity index (χ3n) is 2.98. The second kappa shape index (κ2) is 6.17. The van der Waals surface area contributed by atoms with Gasteiger partial charge in [-0.05, 0) is 18.9 Å². The number of amides is 1. The van der Waals surface area contributed by atoms with Crippen LogP contribution in [0.4, 0.5) is 0 Å². The van der Waals surface area contributed by atoms with Gasteiger partial charge in [-0.2, -0.15) is 0 Å². The number of rotatable bonds is 6. The van der Waals surface area contributed by atoms with Crippen molar-refractivity contribution in [2.45, 2.75) is 38.3 Å². The molecule has 90 valence electrons. The molecule has 4 heteroatoms. The lowest BCUT2D eigenvalue weighted by Crippen LogP contribution is -2.37. The fourth-order valence-corrected chi connectivity index (χ4v) is 3.64. The monoisotopic (exact) mass is 241 g/mol. The maximum Gasteiger partial charge on any atom is 0.246 e. The van der Waals surface area contributed by atoms with Crippen LogP contribution >= 0.6 is 7.77 Å². The van der Waals surface area contributed by atoms with E-state index in [4.69, 9.17) is 0 Å². The Balaban J connectivity index is 2.43. The van der Waals surface area contributed by atoms with E-state index in [2.05, 4.69) is 13.5 Å². The van der Waals surface area contributed by atoms with Gasteiger partial charge in [0.2, 0.25) is 5.91 Å². The van der Waals surface area contributed by atoms with Gasteiger partial charge in [-0.25, -0.2) is 0 Å². The molecule has 2 atom stereocenters. The summed E-state index contributed by atoms with van der Waals surface area (Å²) >= 11 is 0. The van der Waals surface area contributed by atoms with Crippen LogP contribution in [-0.4, -0.2) is 35.4 Å². The van der Waals surface area contributed by atoms with Gasteiger partial charge in [-0.3, -0.25) is 4.79 Å². The summed E-state index contributed by atoms with van der Waals surface area (Å²) in [5.74, 6) is -0.104. The van der Waals surface area contributed by atoms with Crippen molar-refractivity contribution in [3.05, 3.63) is 12.7 Å². The van der Waals surface area contributed by atoms with Gasteiger partial charge in [0.25, 0.3) is 0 Å². The summed E-state index contributed by atoms with van der Waals surface area (Å²) in [6.07, 6.45) is 5.60. The maximum absolute atomic E-state index is 11.9. The summed E-state index contributed by atoms with van der Waals surface area (Å²) in [4.78, 5) is 24.7. The van der Waals surface area contributed by atoms with Crippen molar-refractivity contribution in [3.63, 3.8) is 0 Å². The zero-order valence-electron chi connectivity index (χ0n) is 10.1. The van der Waals surface area contributed by atoms with Gasteiger partial charge in [-0.15, -0.1) is 0 Å². The first kappa shape index (κ1) is 13.4. The molecule has 3 nitrogen and oxygen atoms in total. The minimum absolute atomic E-state index is 0.104. The fraction of sp³-hybridized carbons (Fsp3) is 0.667. The van der Waals surface area contributed by atoms with Crippen LogP contribution in [0.1, 0.15) is 32.6 Å². The Hall–Kier alpha value is -0.660. The molecule has 0 N–H and O–H groups in total. The Morgan fingerprint density at radius 3 is 2.94 bits per heavy atom. The Morgan fingerprint density at radius 2 is 2.44 bits per heavy atom. The van der Waals surface area contributed by atoms with E-state index in [0.29, 0.717) is 12.2 Å². The lowest BCUT2D eigenvalue weighted by molar-refractivity contribution is -0.156. The van der Waals surface area contributed by atoms with E-state index >= 15 is 0 Å². The summed E-state index contributed by atoms with van der Waals surface area (Å²) in [6, 6.07) is 0. The third kappa shape index (κ3) is 3.16. The Kier molecular flexibility index (Phi) is 5.17. The van der Waals surface area contributed by atoms with E-state index in [1.165, 1.54) is 6.08 Å². The Bertz CT molecular complexity index is 312. The largest absolute Gasteiger partial charge is 0.630 e. The lowest BCUT2D eigenvalue weighted by Gasteiger charge is -2.27. The smallest absolute Gasteiger partial charge is 0.246 e. The van der Waals surface area contributed by atoms with E-state index in [-0.39, 0.29) is 5.91 Å². The number of nitrogens with zero attached hydrogens (tertiary/aromatic N) is 1. The van der Waals surface area contributed by atoms with Gasteiger partial charge in [0.05, 0.1) is 20.7 Å². The summed E-state index contributed by atoms with van der Waals surface area (Å²) in [7, 11) is 0.542. The first-order valence-electron chi connectivity index (χ1n) is 5.78. The predicted molar refractivity (Wildman–Crippen MR) is 67.7 cm³/mol. The van der Waals surface area contributed by atoms with E-state index < -0.39 is 7.77 Å². The molecule has 0 bridgehead atoms. The SMILES string of the molecule is C=CC(=O)N(C)CC1=[P+]([O-])C(CCCC)C1. The topological polar surface area (TPSA) is 43.4 Å². The third-order valence-corrected chi connectivity index (χ3v) is 5.03. The van der Waals surface area contributed by atoms with Crippen molar-refractivity contribution in [1.29, 1.82) is 0 Å². The molecule has 0 saturated heterocycles. The second-order valence-electron chi connectivity index (χ2n) is 4.29. The molecule has 0 aromatic rings. The number of carbonyl (C=O) groups excluding carboxylic acids is 1. The Morgan fingerprint density at radius 1 is 1.75 bits per heavy atom. The van der Waals surface area contributed by atoms with Crippen molar-refractivity contribution in [2.75, 3.05) is 13.6 Å². The van der Waals surface area contributed by atoms with Gasteiger partial charge < -0.3 is 9.79 Å². The highest BCUT2D eigenvalue weighted by Gasteiger charge is 2.34. The maximum atomic E-state index is 11.9. The number of hydrogen-bond donors (Lipinski definition) is 0. The lowest BCUT2D eigenvalue weighted by atomic mass is 10.1. The average Bonchev–Trinajstić information content (AvgIpc) is 2.30. The van der Waals surface area contributed by atoms with Gasteiger partial charge in [0.15, 0.2) is 0 Å². The van der Waals surface area contributed by atoms with Crippen LogP contribution in [0.3, 0.4) is 0 Å². The summed E-state index contributed by atoms with van der Waals surface area (Å²) in [5, 5.41) is 1.04. The molecule has 16 heavy (non-hydrogen) atoms. The van der Waals surface area contributed by atoms with Crippen LogP contribution in [0.25, 0.3) is 0 Å². The van der Waals surface area contributed by atoms with Gasteiger partial charge in [0.1, 0.15) is 11.0 Å². The van der Waals surface area contributed by atoms with E-state index in [1.54, 1.807) is 11.9 Å². The molecule has 2 unspecified atom stereocenters. The van der Waals surface area contributed by atoms with Crippen molar-refractivity contribution >= 4 is 19.0 Å². The highest BCUT2D eigenvalue weighted by atomic mass is 31.1. The molecular weight excluding hydrogens is 221 g/mol. The molecule has 0 aromatic heterocycles. The van der Waals surface area contributed by atoms with Crippen molar-refractivity contribution in [2.24, 2.45) is 0 Å². The van der Waals surface area contributed by atoms with Crippen LogP contribution in [0, 0.1) is 0 Å². The van der Waals surface area contributed by atoms with Gasteiger partial charge >= 0.3 is 0 Å². The van der Waals surface area contributed by atoms with Gasteiger partial charge in [0, 0.05) is 7.05 Å². The second-order valence-corrected chi connectivity index (χ2v) is 6.30. The standard InChI is InChI=1S/C12H20NO2P/c1-4-6-7-10-8-11(16(10)15)9-13(3)12(14)5-2/h5,10H,2,4,6-9H2,1,3H3. The predicted octanol–water partition coefficient (Wildman–Crippen LogP) is 1.52. The molecule has 0 radical (unpaired) electrons. The van der Waals surface area contributed by atoms with Crippen molar-refractivity contribution < 1.29 is 9.69 Å². The van der Waals surface area contributed by atoms with Crippen molar-refractivity contribution in [1.82, 2.24) is 4.90 Å². The molecule has 1 aliphatic heterocycles. The zero-order valence-corrected chi connectivity index (χ0v) is 11.0. The van der Waals surface area contributed by atoms with E-state index in [9.17, 15) is 9.69 Å². The first-order valence-corrected chi connectivity index (χ1v) is 7.11. The zero-order chi connectivity index (χ0) is 12.1.